The Bertz CT molecular complexity index is 1090. The number of nitriles is 1. The number of rotatable bonds is 8. The molecular formula is C22H22F3N7O. The average molecular weight is 457 g/mol. The summed E-state index contributed by atoms with van der Waals surface area (Å²) in [4.78, 5) is 14.7. The third-order valence-corrected chi connectivity index (χ3v) is 5.52. The van der Waals surface area contributed by atoms with Gasteiger partial charge in [0.15, 0.2) is 11.5 Å². The van der Waals surface area contributed by atoms with Crippen LogP contribution in [0.2, 0.25) is 0 Å². The molecule has 1 aromatic heterocycles. The summed E-state index contributed by atoms with van der Waals surface area (Å²) in [5, 5.41) is 28.9. The van der Waals surface area contributed by atoms with E-state index in [0.717, 1.165) is 12.1 Å². The number of amidine groups is 1. The van der Waals surface area contributed by atoms with Crippen LogP contribution < -0.4 is 16.0 Å². The number of pyridine rings is 1. The Morgan fingerprint density at radius 3 is 2.67 bits per heavy atom. The van der Waals surface area contributed by atoms with E-state index in [1.54, 1.807) is 0 Å². The highest BCUT2D eigenvalue weighted by Gasteiger charge is 2.35. The number of halogens is 3. The summed E-state index contributed by atoms with van der Waals surface area (Å²) in [5.41, 5.74) is -0.471. The number of benzene rings is 1. The molecule has 0 aliphatic heterocycles. The molecule has 11 heteroatoms. The number of nitrogens with one attached hydrogen (secondary N) is 4. The molecule has 1 aliphatic rings. The largest absolute Gasteiger partial charge is 0.382 e. The molecule has 0 radical (unpaired) electrons. The third kappa shape index (κ3) is 6.29. The fourth-order valence-corrected chi connectivity index (χ4v) is 3.72. The number of nitrogens with zero attached hydrogens (tertiary/aromatic N) is 3. The lowest BCUT2D eigenvalue weighted by atomic mass is 9.77. The van der Waals surface area contributed by atoms with Gasteiger partial charge in [0.25, 0.3) is 0 Å². The molecule has 0 bridgehead atoms. The summed E-state index contributed by atoms with van der Waals surface area (Å²) in [7, 11) is 0. The first-order valence-electron chi connectivity index (χ1n) is 10.2. The lowest BCUT2D eigenvalue weighted by Crippen LogP contribution is -2.47. The molecule has 1 heterocycles. The summed E-state index contributed by atoms with van der Waals surface area (Å²) in [5.74, 6) is -2.42. The summed E-state index contributed by atoms with van der Waals surface area (Å²) in [6.07, 6.45) is 4.87. The van der Waals surface area contributed by atoms with Crippen molar-refractivity contribution in [2.24, 2.45) is 5.18 Å². The van der Waals surface area contributed by atoms with E-state index in [9.17, 15) is 23.3 Å². The smallest absolute Gasteiger partial charge is 0.214 e. The maximum absolute atomic E-state index is 13.9. The predicted octanol–water partition coefficient (Wildman–Crippen LogP) is 4.79. The zero-order valence-electron chi connectivity index (χ0n) is 17.5. The molecule has 2 aromatic rings. The highest BCUT2D eigenvalue weighted by Crippen LogP contribution is 2.33. The standard InChI is InChI=1S/C22H22F3N7O/c23-14-1-2-18(17(24)11-14)30-15-3-6-22(7-4-15,8-9-26)29-13-19(32-33)21(27)31-16-5-10-28-20(25)12-16/h1-2,5,10-13,15,29-30H,3-4,6-8H2,(H2,27,28,31)/b19-13+. The minimum absolute atomic E-state index is 0.0761. The molecule has 0 amide bonds. The van der Waals surface area contributed by atoms with Crippen molar-refractivity contribution in [1.29, 1.82) is 10.7 Å². The second-order valence-electron chi connectivity index (χ2n) is 7.79. The Balaban J connectivity index is 1.64. The SMILES string of the molecule is N#CCC1(N/C=C(/N=O)C(=N)Nc2ccnc(F)c2)CCC(Nc2ccc(F)cc2F)CC1. The van der Waals surface area contributed by atoms with Crippen molar-refractivity contribution in [2.45, 2.75) is 43.7 Å². The molecule has 8 nitrogen and oxygen atoms in total. The minimum atomic E-state index is -0.741. The van der Waals surface area contributed by atoms with Crippen molar-refractivity contribution in [1.82, 2.24) is 10.3 Å². The highest BCUT2D eigenvalue weighted by molar-refractivity contribution is 6.05. The van der Waals surface area contributed by atoms with E-state index in [1.807, 2.05) is 0 Å². The van der Waals surface area contributed by atoms with Crippen molar-refractivity contribution in [3.05, 3.63) is 70.9 Å². The first kappa shape index (κ1) is 23.7. The molecule has 33 heavy (non-hydrogen) atoms. The van der Waals surface area contributed by atoms with Crippen LogP contribution in [0.3, 0.4) is 0 Å². The van der Waals surface area contributed by atoms with E-state index >= 15 is 0 Å². The molecule has 0 spiro atoms. The quantitative estimate of drug-likeness (QED) is 0.195. The molecule has 0 unspecified atom stereocenters. The predicted molar refractivity (Wildman–Crippen MR) is 118 cm³/mol. The lowest BCUT2D eigenvalue weighted by molar-refractivity contribution is 0.248. The van der Waals surface area contributed by atoms with E-state index in [2.05, 4.69) is 32.2 Å². The van der Waals surface area contributed by atoms with Crippen LogP contribution in [-0.4, -0.2) is 22.4 Å². The molecule has 0 saturated heterocycles. The van der Waals surface area contributed by atoms with Gasteiger partial charge >= 0.3 is 0 Å². The van der Waals surface area contributed by atoms with Gasteiger partial charge in [0.1, 0.15) is 11.6 Å². The average Bonchev–Trinajstić information content (AvgIpc) is 2.78. The van der Waals surface area contributed by atoms with E-state index in [1.165, 1.54) is 30.6 Å². The van der Waals surface area contributed by atoms with Crippen molar-refractivity contribution >= 4 is 17.2 Å². The first-order valence-corrected chi connectivity index (χ1v) is 10.2. The molecule has 1 fully saturated rings. The Morgan fingerprint density at radius 2 is 2.03 bits per heavy atom. The lowest BCUT2D eigenvalue weighted by Gasteiger charge is -2.39. The van der Waals surface area contributed by atoms with Gasteiger partial charge in [0.05, 0.1) is 18.2 Å². The van der Waals surface area contributed by atoms with Crippen LogP contribution in [0, 0.1) is 39.2 Å². The number of nitroso groups, excluding NO2 is 1. The molecule has 1 aromatic carbocycles. The van der Waals surface area contributed by atoms with Crippen LogP contribution in [-0.2, 0) is 0 Å². The van der Waals surface area contributed by atoms with Crippen molar-refractivity contribution in [2.75, 3.05) is 10.6 Å². The second kappa shape index (κ2) is 10.6. The third-order valence-electron chi connectivity index (χ3n) is 5.52. The topological polar surface area (TPSA) is 126 Å². The zero-order valence-corrected chi connectivity index (χ0v) is 17.5. The zero-order chi connectivity index (χ0) is 23.8. The summed E-state index contributed by atoms with van der Waals surface area (Å²) < 4.78 is 40.3. The molecule has 0 atom stereocenters. The highest BCUT2D eigenvalue weighted by atomic mass is 19.1. The Labute approximate surface area is 188 Å². The molecule has 1 saturated carbocycles. The maximum Gasteiger partial charge on any atom is 0.214 e. The molecule has 4 N–H and O–H groups in total. The van der Waals surface area contributed by atoms with E-state index in [-0.39, 0.29) is 35.4 Å². The first-order chi connectivity index (χ1) is 15.8. The molecule has 1 aliphatic carbocycles. The second-order valence-corrected chi connectivity index (χ2v) is 7.79. The van der Waals surface area contributed by atoms with Gasteiger partial charge in [0.2, 0.25) is 5.95 Å². The van der Waals surface area contributed by atoms with Gasteiger partial charge in [-0.25, -0.2) is 13.8 Å². The van der Waals surface area contributed by atoms with Gasteiger partial charge in [-0.2, -0.15) is 9.65 Å². The van der Waals surface area contributed by atoms with Gasteiger partial charge in [0, 0.05) is 41.8 Å². The monoisotopic (exact) mass is 457 g/mol. The van der Waals surface area contributed by atoms with E-state index in [0.29, 0.717) is 25.7 Å². The normalized spacial score (nSPS) is 20.4. The Hall–Kier alpha value is -3.94. The van der Waals surface area contributed by atoms with Crippen molar-refractivity contribution in [3.8, 4) is 6.07 Å². The minimum Gasteiger partial charge on any atom is -0.382 e. The van der Waals surface area contributed by atoms with E-state index in [4.69, 9.17) is 5.41 Å². The molecular weight excluding hydrogens is 435 g/mol. The van der Waals surface area contributed by atoms with Crippen LogP contribution in [0.4, 0.5) is 24.5 Å². The summed E-state index contributed by atoms with van der Waals surface area (Å²) >= 11 is 0. The van der Waals surface area contributed by atoms with Crippen LogP contribution in [0.15, 0.2) is 53.6 Å². The van der Waals surface area contributed by atoms with Gasteiger partial charge in [-0.05, 0) is 49.1 Å². The number of hydrogen-bond donors (Lipinski definition) is 4. The summed E-state index contributed by atoms with van der Waals surface area (Å²) in [6, 6.07) is 7.90. The maximum atomic E-state index is 13.9. The fourth-order valence-electron chi connectivity index (χ4n) is 3.72. The molecule has 3 rings (SSSR count). The van der Waals surface area contributed by atoms with Crippen molar-refractivity contribution in [3.63, 3.8) is 0 Å². The fraction of sp³-hybridized carbons (Fsp3) is 0.318. The van der Waals surface area contributed by atoms with Gasteiger partial charge in [-0.15, -0.1) is 4.91 Å². The van der Waals surface area contributed by atoms with Gasteiger partial charge in [-0.3, -0.25) is 5.41 Å². The number of hydrogen-bond acceptors (Lipinski definition) is 7. The van der Waals surface area contributed by atoms with Crippen molar-refractivity contribution < 1.29 is 13.2 Å². The van der Waals surface area contributed by atoms with E-state index < -0.39 is 23.1 Å². The number of aromatic nitrogens is 1. The summed E-state index contributed by atoms with van der Waals surface area (Å²) in [6.45, 7) is 0. The van der Waals surface area contributed by atoms with Crippen LogP contribution in [0.5, 0.6) is 0 Å². The molecule has 172 valence electrons. The van der Waals surface area contributed by atoms with Gasteiger partial charge < -0.3 is 16.0 Å². The Kier molecular flexibility index (Phi) is 7.61. The number of anilines is 2. The van der Waals surface area contributed by atoms with Crippen LogP contribution in [0.25, 0.3) is 0 Å². The Morgan fingerprint density at radius 1 is 1.27 bits per heavy atom. The van der Waals surface area contributed by atoms with Gasteiger partial charge in [-0.1, -0.05) is 0 Å². The van der Waals surface area contributed by atoms with Crippen LogP contribution in [0.1, 0.15) is 32.1 Å². The van der Waals surface area contributed by atoms with Crippen LogP contribution >= 0.6 is 0 Å².